The molecule has 6 heteroatoms. The van der Waals surface area contributed by atoms with Gasteiger partial charge in [-0.15, -0.1) is 0 Å². The van der Waals surface area contributed by atoms with Crippen LogP contribution in [0, 0.1) is 0 Å². The number of aryl methyl sites for hydroxylation is 1. The van der Waals surface area contributed by atoms with Gasteiger partial charge in [0.05, 0.1) is 7.11 Å². The number of methoxy groups -OCH3 is 1. The van der Waals surface area contributed by atoms with E-state index in [0.29, 0.717) is 18.1 Å². The quantitative estimate of drug-likeness (QED) is 0.518. The lowest BCUT2D eigenvalue weighted by atomic mass is 10.1. The van der Waals surface area contributed by atoms with Crippen LogP contribution in [0.25, 0.3) is 0 Å². The maximum Gasteiger partial charge on any atom is 0.270 e. The Morgan fingerprint density at radius 2 is 1.76 bits per heavy atom. The van der Waals surface area contributed by atoms with Gasteiger partial charge in [-0.1, -0.05) is 42.5 Å². The molecule has 0 aliphatic heterocycles. The Morgan fingerprint density at radius 3 is 2.59 bits per heavy atom. The summed E-state index contributed by atoms with van der Waals surface area (Å²) >= 11 is 0. The van der Waals surface area contributed by atoms with E-state index in [-0.39, 0.29) is 5.91 Å². The molecule has 0 unspecified atom stereocenters. The Labute approximate surface area is 171 Å². The molecule has 2 N–H and O–H groups in total. The molecule has 0 atom stereocenters. The molecule has 0 saturated carbocycles. The van der Waals surface area contributed by atoms with Gasteiger partial charge >= 0.3 is 0 Å². The molecule has 1 amide bonds. The molecule has 2 aromatic carbocycles. The molecule has 1 aromatic heterocycles. The van der Waals surface area contributed by atoms with Crippen LogP contribution >= 0.6 is 0 Å². The topological polar surface area (TPSA) is 76.1 Å². The molecule has 6 nitrogen and oxygen atoms in total. The average molecular weight is 390 g/mol. The number of benzene rings is 2. The first-order chi connectivity index (χ1) is 14.2. The predicted octanol–water partition coefficient (Wildman–Crippen LogP) is 3.50. The highest BCUT2D eigenvalue weighted by Crippen LogP contribution is 2.12. The number of hydrogen-bond acceptors (Lipinski definition) is 5. The van der Waals surface area contributed by atoms with Crippen LogP contribution in [0.4, 0.5) is 5.82 Å². The van der Waals surface area contributed by atoms with Gasteiger partial charge in [-0.2, -0.15) is 0 Å². The Kier molecular flexibility index (Phi) is 7.57. The average Bonchev–Trinajstić information content (AvgIpc) is 2.78. The summed E-state index contributed by atoms with van der Waals surface area (Å²) in [6, 6.07) is 19.9. The molecule has 0 aliphatic carbocycles. The molecule has 150 valence electrons. The van der Waals surface area contributed by atoms with Crippen molar-refractivity contribution >= 4 is 11.7 Å². The first-order valence-corrected chi connectivity index (χ1v) is 9.75. The lowest BCUT2D eigenvalue weighted by Crippen LogP contribution is -2.26. The Morgan fingerprint density at radius 1 is 0.931 bits per heavy atom. The summed E-state index contributed by atoms with van der Waals surface area (Å²) in [5.41, 5.74) is 2.78. The second-order valence-electron chi connectivity index (χ2n) is 6.66. The Hall–Kier alpha value is -3.41. The molecular weight excluding hydrogens is 364 g/mol. The van der Waals surface area contributed by atoms with Gasteiger partial charge in [0, 0.05) is 19.2 Å². The third-order valence-electron chi connectivity index (χ3n) is 4.52. The van der Waals surface area contributed by atoms with Crippen molar-refractivity contribution < 1.29 is 9.53 Å². The van der Waals surface area contributed by atoms with Crippen LogP contribution in [0.5, 0.6) is 5.75 Å². The molecule has 29 heavy (non-hydrogen) atoms. The van der Waals surface area contributed by atoms with Gasteiger partial charge in [0.1, 0.15) is 23.6 Å². The van der Waals surface area contributed by atoms with E-state index in [2.05, 4.69) is 32.7 Å². The first kappa shape index (κ1) is 20.3. The zero-order valence-corrected chi connectivity index (χ0v) is 16.6. The van der Waals surface area contributed by atoms with Gasteiger partial charge in [0.15, 0.2) is 0 Å². The van der Waals surface area contributed by atoms with Crippen LogP contribution in [0.15, 0.2) is 67.0 Å². The first-order valence-electron chi connectivity index (χ1n) is 9.75. The third kappa shape index (κ3) is 6.60. The van der Waals surface area contributed by atoms with Crippen molar-refractivity contribution in [1.29, 1.82) is 0 Å². The number of anilines is 1. The summed E-state index contributed by atoms with van der Waals surface area (Å²) in [5.74, 6) is 1.27. The molecule has 3 aromatic rings. The molecule has 0 bridgehead atoms. The molecule has 3 rings (SSSR count). The number of rotatable bonds is 10. The fourth-order valence-electron chi connectivity index (χ4n) is 2.97. The normalized spacial score (nSPS) is 10.4. The number of carbonyl (C=O) groups excluding carboxylic acids is 1. The van der Waals surface area contributed by atoms with Gasteiger partial charge in [-0.05, 0) is 42.5 Å². The minimum atomic E-state index is -0.206. The highest BCUT2D eigenvalue weighted by molar-refractivity contribution is 5.92. The fraction of sp³-hybridized carbons (Fsp3) is 0.261. The summed E-state index contributed by atoms with van der Waals surface area (Å²) in [5, 5.41) is 6.16. The lowest BCUT2D eigenvalue weighted by molar-refractivity contribution is 0.0949. The highest BCUT2D eigenvalue weighted by Gasteiger charge is 2.08. The molecule has 0 saturated heterocycles. The van der Waals surface area contributed by atoms with Crippen molar-refractivity contribution in [2.24, 2.45) is 0 Å². The maximum atomic E-state index is 12.4. The zero-order chi connectivity index (χ0) is 20.3. The van der Waals surface area contributed by atoms with Gasteiger partial charge < -0.3 is 15.4 Å². The summed E-state index contributed by atoms with van der Waals surface area (Å²) in [7, 11) is 1.64. The second kappa shape index (κ2) is 10.8. The number of carbonyl (C=O) groups is 1. The van der Waals surface area contributed by atoms with Gasteiger partial charge in [-0.3, -0.25) is 4.79 Å². The number of ether oxygens (including phenoxy) is 1. The number of aromatic nitrogens is 2. The van der Waals surface area contributed by atoms with Crippen molar-refractivity contribution in [2.75, 3.05) is 25.5 Å². The van der Waals surface area contributed by atoms with Crippen LogP contribution in [0.3, 0.4) is 0 Å². The van der Waals surface area contributed by atoms with E-state index in [0.717, 1.165) is 37.1 Å². The van der Waals surface area contributed by atoms with Crippen LogP contribution in [0.2, 0.25) is 0 Å². The maximum absolute atomic E-state index is 12.4. The number of hydrogen-bond donors (Lipinski definition) is 2. The SMILES string of the molecule is COc1cccc(CCNC(=O)c2cc(NCCCc3ccccc3)ncn2)c1. The minimum absolute atomic E-state index is 0.206. The third-order valence-corrected chi connectivity index (χ3v) is 4.52. The summed E-state index contributed by atoms with van der Waals surface area (Å²) in [4.78, 5) is 20.7. The van der Waals surface area contributed by atoms with Gasteiger partial charge in [0.25, 0.3) is 5.91 Å². The predicted molar refractivity (Wildman–Crippen MR) is 114 cm³/mol. The molecule has 1 heterocycles. The summed E-state index contributed by atoms with van der Waals surface area (Å²) in [6.07, 6.45) is 4.11. The molecular formula is C23H26N4O2. The van der Waals surface area contributed by atoms with Crippen LogP contribution in [-0.4, -0.2) is 36.1 Å². The van der Waals surface area contributed by atoms with Crippen molar-refractivity contribution in [2.45, 2.75) is 19.3 Å². The van der Waals surface area contributed by atoms with Gasteiger partial charge in [-0.25, -0.2) is 9.97 Å². The van der Waals surface area contributed by atoms with Crippen LogP contribution in [0.1, 0.15) is 28.0 Å². The fourth-order valence-corrected chi connectivity index (χ4v) is 2.97. The van der Waals surface area contributed by atoms with E-state index in [1.807, 2.05) is 42.5 Å². The van der Waals surface area contributed by atoms with Crippen LogP contribution < -0.4 is 15.4 Å². The summed E-state index contributed by atoms with van der Waals surface area (Å²) in [6.45, 7) is 1.30. The zero-order valence-electron chi connectivity index (χ0n) is 16.6. The van der Waals surface area contributed by atoms with E-state index >= 15 is 0 Å². The summed E-state index contributed by atoms with van der Waals surface area (Å²) < 4.78 is 5.22. The van der Waals surface area contributed by atoms with E-state index in [9.17, 15) is 4.79 Å². The molecule has 0 fully saturated rings. The second-order valence-corrected chi connectivity index (χ2v) is 6.66. The minimum Gasteiger partial charge on any atom is -0.497 e. The van der Waals surface area contributed by atoms with E-state index < -0.39 is 0 Å². The number of amides is 1. The van der Waals surface area contributed by atoms with Crippen molar-refractivity contribution in [3.63, 3.8) is 0 Å². The molecule has 0 spiro atoms. The highest BCUT2D eigenvalue weighted by atomic mass is 16.5. The standard InChI is InChI=1S/C23H26N4O2/c1-29-20-11-5-9-19(15-20)12-14-25-23(28)21-16-22(27-17-26-21)24-13-6-10-18-7-3-2-4-8-18/h2-5,7-9,11,15-17H,6,10,12-14H2,1H3,(H,25,28)(H,24,26,27). The monoisotopic (exact) mass is 390 g/mol. The van der Waals surface area contributed by atoms with Crippen molar-refractivity contribution in [1.82, 2.24) is 15.3 Å². The van der Waals surface area contributed by atoms with Crippen molar-refractivity contribution in [3.8, 4) is 5.75 Å². The van der Waals surface area contributed by atoms with Crippen LogP contribution in [-0.2, 0) is 12.8 Å². The van der Waals surface area contributed by atoms with E-state index in [1.54, 1.807) is 13.2 Å². The van der Waals surface area contributed by atoms with Crippen molar-refractivity contribution in [3.05, 3.63) is 83.8 Å². The van der Waals surface area contributed by atoms with E-state index in [4.69, 9.17) is 4.74 Å². The Balaban J connectivity index is 1.43. The van der Waals surface area contributed by atoms with E-state index in [1.165, 1.54) is 11.9 Å². The molecule has 0 radical (unpaired) electrons. The Bertz CT molecular complexity index is 916. The lowest BCUT2D eigenvalue weighted by Gasteiger charge is -2.08. The molecule has 0 aliphatic rings. The van der Waals surface area contributed by atoms with Gasteiger partial charge in [0.2, 0.25) is 0 Å². The smallest absolute Gasteiger partial charge is 0.270 e. The number of nitrogens with zero attached hydrogens (tertiary/aromatic N) is 2. The largest absolute Gasteiger partial charge is 0.497 e. The number of nitrogens with one attached hydrogen (secondary N) is 2.